The number of nitrogens with zero attached hydrogens (tertiary/aromatic N) is 2. The molecule has 2 aromatic rings. The van der Waals surface area contributed by atoms with Gasteiger partial charge in [0.15, 0.2) is 0 Å². The molecule has 1 aliphatic carbocycles. The molecule has 1 aromatic heterocycles. The van der Waals surface area contributed by atoms with E-state index in [2.05, 4.69) is 19.2 Å². The van der Waals surface area contributed by atoms with Crippen molar-refractivity contribution in [3.8, 4) is 0 Å². The Balaban J connectivity index is 1.83. The second-order valence-electron chi connectivity index (χ2n) is 6.94. The zero-order valence-corrected chi connectivity index (χ0v) is 14.6. The van der Waals surface area contributed by atoms with Crippen LogP contribution < -0.4 is 11.0 Å². The molecule has 1 N–H and O–H groups in total. The van der Waals surface area contributed by atoms with E-state index in [1.54, 1.807) is 9.13 Å². The fraction of sp³-hybridized carbons (Fsp3) is 0.579. The predicted octanol–water partition coefficient (Wildman–Crippen LogP) is 2.91. The van der Waals surface area contributed by atoms with Crippen molar-refractivity contribution >= 4 is 16.9 Å². The number of amides is 1. The van der Waals surface area contributed by atoms with Gasteiger partial charge in [0.25, 0.3) is 0 Å². The first kappa shape index (κ1) is 16.8. The van der Waals surface area contributed by atoms with Gasteiger partial charge >= 0.3 is 5.69 Å². The highest BCUT2D eigenvalue weighted by Crippen LogP contribution is 2.23. The minimum Gasteiger partial charge on any atom is -0.352 e. The third-order valence-electron chi connectivity index (χ3n) is 5.13. The summed E-state index contributed by atoms with van der Waals surface area (Å²) in [5.41, 5.74) is 1.65. The summed E-state index contributed by atoms with van der Waals surface area (Å²) in [6, 6.07) is 7.95. The summed E-state index contributed by atoms with van der Waals surface area (Å²) in [5, 5.41) is 3.14. The fourth-order valence-electron chi connectivity index (χ4n) is 3.79. The number of fused-ring (bicyclic) bond motifs is 1. The maximum Gasteiger partial charge on any atom is 0.329 e. The number of carbonyl (C=O) groups is 1. The van der Waals surface area contributed by atoms with Crippen molar-refractivity contribution in [1.82, 2.24) is 14.5 Å². The van der Waals surface area contributed by atoms with Crippen LogP contribution in [0, 0.1) is 5.92 Å². The molecule has 1 aromatic carbocycles. The molecular weight excluding hydrogens is 302 g/mol. The predicted molar refractivity (Wildman–Crippen MR) is 96.1 cm³/mol. The van der Waals surface area contributed by atoms with Crippen LogP contribution in [0.3, 0.4) is 0 Å². The zero-order valence-electron chi connectivity index (χ0n) is 14.6. The topological polar surface area (TPSA) is 56.0 Å². The van der Waals surface area contributed by atoms with E-state index >= 15 is 0 Å². The summed E-state index contributed by atoms with van der Waals surface area (Å²) >= 11 is 0. The van der Waals surface area contributed by atoms with E-state index in [1.165, 1.54) is 19.3 Å². The zero-order chi connectivity index (χ0) is 17.1. The van der Waals surface area contributed by atoms with E-state index in [4.69, 9.17) is 0 Å². The molecule has 0 unspecified atom stereocenters. The Bertz CT molecular complexity index is 775. The SMILES string of the molecule is CCCn1c(=O)n(CC(=O)N[C@@H]2CCCC[C@H]2C)c2ccccc21. The molecule has 5 nitrogen and oxygen atoms in total. The lowest BCUT2D eigenvalue weighted by Crippen LogP contribution is -2.43. The minimum atomic E-state index is -0.0927. The van der Waals surface area contributed by atoms with E-state index in [1.807, 2.05) is 24.3 Å². The number of aryl methyl sites for hydroxylation is 1. The quantitative estimate of drug-likeness (QED) is 0.917. The maximum absolute atomic E-state index is 12.7. The lowest BCUT2D eigenvalue weighted by molar-refractivity contribution is -0.122. The van der Waals surface area contributed by atoms with Gasteiger partial charge in [0.05, 0.1) is 11.0 Å². The Morgan fingerprint density at radius 1 is 1.17 bits per heavy atom. The average Bonchev–Trinajstić information content (AvgIpc) is 2.83. The van der Waals surface area contributed by atoms with Crippen LogP contribution in [0.4, 0.5) is 0 Å². The standard InChI is InChI=1S/C19H27N3O2/c1-3-12-21-16-10-6-7-11-17(16)22(19(21)24)13-18(23)20-15-9-5-4-8-14(15)2/h6-7,10-11,14-15H,3-5,8-9,12-13H2,1-2H3,(H,20,23)/t14-,15-/m1/s1. The summed E-state index contributed by atoms with van der Waals surface area (Å²) in [7, 11) is 0. The summed E-state index contributed by atoms with van der Waals surface area (Å²) in [4.78, 5) is 25.2. The van der Waals surface area contributed by atoms with Crippen molar-refractivity contribution in [3.63, 3.8) is 0 Å². The molecule has 0 saturated heterocycles. The van der Waals surface area contributed by atoms with E-state index in [9.17, 15) is 9.59 Å². The summed E-state index contributed by atoms with van der Waals surface area (Å²) < 4.78 is 3.37. The molecule has 1 heterocycles. The van der Waals surface area contributed by atoms with Gasteiger partial charge in [-0.05, 0) is 37.3 Å². The molecule has 130 valence electrons. The number of hydrogen-bond donors (Lipinski definition) is 1. The molecule has 5 heteroatoms. The van der Waals surface area contributed by atoms with Crippen LogP contribution in [-0.2, 0) is 17.9 Å². The van der Waals surface area contributed by atoms with E-state index in [0.29, 0.717) is 12.5 Å². The van der Waals surface area contributed by atoms with Gasteiger partial charge in [-0.3, -0.25) is 13.9 Å². The van der Waals surface area contributed by atoms with Crippen LogP contribution in [0.2, 0.25) is 0 Å². The smallest absolute Gasteiger partial charge is 0.329 e. The molecule has 0 radical (unpaired) electrons. The van der Waals surface area contributed by atoms with E-state index in [0.717, 1.165) is 23.9 Å². The monoisotopic (exact) mass is 329 g/mol. The lowest BCUT2D eigenvalue weighted by atomic mass is 9.86. The Kier molecular flexibility index (Phi) is 5.07. The number of para-hydroxylation sites is 2. The van der Waals surface area contributed by atoms with Gasteiger partial charge in [0, 0.05) is 12.6 Å². The highest BCUT2D eigenvalue weighted by molar-refractivity contribution is 5.81. The van der Waals surface area contributed by atoms with Crippen LogP contribution in [0.1, 0.15) is 46.0 Å². The van der Waals surface area contributed by atoms with Gasteiger partial charge in [0.2, 0.25) is 5.91 Å². The Labute approximate surface area is 142 Å². The van der Waals surface area contributed by atoms with Crippen molar-refractivity contribution in [2.75, 3.05) is 0 Å². The number of carbonyl (C=O) groups excluding carboxylic acids is 1. The van der Waals surface area contributed by atoms with Crippen molar-refractivity contribution < 1.29 is 4.79 Å². The van der Waals surface area contributed by atoms with Crippen molar-refractivity contribution in [2.24, 2.45) is 5.92 Å². The maximum atomic E-state index is 12.7. The molecule has 1 amide bonds. The Morgan fingerprint density at radius 3 is 2.50 bits per heavy atom. The van der Waals surface area contributed by atoms with Crippen LogP contribution in [0.5, 0.6) is 0 Å². The highest BCUT2D eigenvalue weighted by atomic mass is 16.2. The van der Waals surface area contributed by atoms with E-state index in [-0.39, 0.29) is 24.2 Å². The molecule has 3 rings (SSSR count). The van der Waals surface area contributed by atoms with Crippen molar-refractivity contribution in [1.29, 1.82) is 0 Å². The number of benzene rings is 1. The van der Waals surface area contributed by atoms with Gasteiger partial charge in [-0.25, -0.2) is 4.79 Å². The number of aromatic nitrogens is 2. The largest absolute Gasteiger partial charge is 0.352 e. The second kappa shape index (κ2) is 7.24. The Hall–Kier alpha value is -2.04. The summed E-state index contributed by atoms with van der Waals surface area (Å²) in [5.74, 6) is 0.455. The third kappa shape index (κ3) is 3.25. The molecule has 1 aliphatic rings. The van der Waals surface area contributed by atoms with Crippen LogP contribution >= 0.6 is 0 Å². The van der Waals surface area contributed by atoms with Gasteiger partial charge in [-0.2, -0.15) is 0 Å². The van der Waals surface area contributed by atoms with Crippen LogP contribution in [0.25, 0.3) is 11.0 Å². The molecule has 24 heavy (non-hydrogen) atoms. The first-order chi connectivity index (χ1) is 11.6. The number of rotatable bonds is 5. The van der Waals surface area contributed by atoms with Gasteiger partial charge in [-0.1, -0.05) is 38.8 Å². The first-order valence-electron chi connectivity index (χ1n) is 9.09. The molecule has 0 aliphatic heterocycles. The van der Waals surface area contributed by atoms with Crippen molar-refractivity contribution in [2.45, 2.75) is 65.1 Å². The average molecular weight is 329 g/mol. The third-order valence-corrected chi connectivity index (χ3v) is 5.13. The van der Waals surface area contributed by atoms with Crippen LogP contribution in [-0.4, -0.2) is 21.1 Å². The Morgan fingerprint density at radius 2 is 1.83 bits per heavy atom. The van der Waals surface area contributed by atoms with Gasteiger partial charge in [-0.15, -0.1) is 0 Å². The molecular formula is C19H27N3O2. The highest BCUT2D eigenvalue weighted by Gasteiger charge is 2.23. The number of hydrogen-bond acceptors (Lipinski definition) is 2. The number of imidazole rings is 1. The molecule has 1 saturated carbocycles. The van der Waals surface area contributed by atoms with Gasteiger partial charge < -0.3 is 5.32 Å². The van der Waals surface area contributed by atoms with Crippen molar-refractivity contribution in [3.05, 3.63) is 34.7 Å². The molecule has 1 fully saturated rings. The minimum absolute atomic E-state index is 0.0600. The lowest BCUT2D eigenvalue weighted by Gasteiger charge is -2.29. The normalized spacial score (nSPS) is 21.1. The molecule has 2 atom stereocenters. The molecule has 0 spiro atoms. The first-order valence-corrected chi connectivity index (χ1v) is 9.09. The summed E-state index contributed by atoms with van der Waals surface area (Å²) in [6.45, 7) is 5.02. The second-order valence-corrected chi connectivity index (χ2v) is 6.94. The fourth-order valence-corrected chi connectivity index (χ4v) is 3.79. The van der Waals surface area contributed by atoms with E-state index < -0.39 is 0 Å². The van der Waals surface area contributed by atoms with Gasteiger partial charge in [0.1, 0.15) is 6.54 Å². The summed E-state index contributed by atoms with van der Waals surface area (Å²) in [6.07, 6.45) is 5.52. The van der Waals surface area contributed by atoms with Crippen LogP contribution in [0.15, 0.2) is 29.1 Å². The molecule has 0 bridgehead atoms. The number of nitrogens with one attached hydrogen (secondary N) is 1.